The van der Waals surface area contributed by atoms with Crippen LogP contribution in [0.4, 0.5) is 13.2 Å². The van der Waals surface area contributed by atoms with Gasteiger partial charge in [-0.3, -0.25) is 4.90 Å². The van der Waals surface area contributed by atoms with E-state index < -0.39 is 12.2 Å². The van der Waals surface area contributed by atoms with E-state index in [-0.39, 0.29) is 6.04 Å². The average Bonchev–Trinajstić information content (AvgIpc) is 2.28. The summed E-state index contributed by atoms with van der Waals surface area (Å²) in [5, 5.41) is 3.16. The summed E-state index contributed by atoms with van der Waals surface area (Å²) >= 11 is 0. The molecule has 100 valence electrons. The van der Waals surface area contributed by atoms with E-state index >= 15 is 0 Å². The molecule has 1 aromatic rings. The lowest BCUT2D eigenvalue weighted by molar-refractivity contribution is -0.189. The number of piperazine rings is 1. The summed E-state index contributed by atoms with van der Waals surface area (Å²) in [7, 11) is 0. The van der Waals surface area contributed by atoms with Crippen LogP contribution in [-0.2, 0) is 0 Å². The van der Waals surface area contributed by atoms with Crippen LogP contribution in [0.15, 0.2) is 30.3 Å². The lowest BCUT2D eigenvalue weighted by Gasteiger charge is -2.38. The SMILES string of the molecule is C[C@@H]1CN(C(c2ccccc2)C(F)(F)F)CCN1. The first-order valence-electron chi connectivity index (χ1n) is 6.07. The molecular weight excluding hydrogens is 241 g/mol. The van der Waals surface area contributed by atoms with Crippen molar-refractivity contribution in [1.29, 1.82) is 0 Å². The predicted octanol–water partition coefficient (Wildman–Crippen LogP) is 2.58. The highest BCUT2D eigenvalue weighted by molar-refractivity contribution is 5.21. The molecule has 1 aromatic carbocycles. The van der Waals surface area contributed by atoms with Crippen LogP contribution in [-0.4, -0.2) is 36.8 Å². The zero-order chi connectivity index (χ0) is 13.2. The third kappa shape index (κ3) is 3.03. The van der Waals surface area contributed by atoms with Crippen LogP contribution < -0.4 is 5.32 Å². The maximum absolute atomic E-state index is 13.3. The molecule has 2 atom stereocenters. The Balaban J connectivity index is 2.26. The van der Waals surface area contributed by atoms with Crippen LogP contribution >= 0.6 is 0 Å². The molecule has 0 aliphatic carbocycles. The lowest BCUT2D eigenvalue weighted by Crippen LogP contribution is -2.53. The molecule has 0 radical (unpaired) electrons. The van der Waals surface area contributed by atoms with Crippen molar-refractivity contribution in [3.05, 3.63) is 35.9 Å². The molecule has 2 rings (SSSR count). The van der Waals surface area contributed by atoms with Crippen molar-refractivity contribution in [3.63, 3.8) is 0 Å². The van der Waals surface area contributed by atoms with Crippen LogP contribution in [0.3, 0.4) is 0 Å². The molecule has 1 heterocycles. The monoisotopic (exact) mass is 258 g/mol. The van der Waals surface area contributed by atoms with Gasteiger partial charge >= 0.3 is 6.18 Å². The van der Waals surface area contributed by atoms with Crippen LogP contribution in [0, 0.1) is 0 Å². The topological polar surface area (TPSA) is 15.3 Å². The number of nitrogens with one attached hydrogen (secondary N) is 1. The second-order valence-electron chi connectivity index (χ2n) is 4.70. The van der Waals surface area contributed by atoms with Gasteiger partial charge in [0.05, 0.1) is 0 Å². The highest BCUT2D eigenvalue weighted by Crippen LogP contribution is 2.37. The molecule has 0 spiro atoms. The summed E-state index contributed by atoms with van der Waals surface area (Å²) in [6.45, 7) is 3.34. The first kappa shape index (κ1) is 13.4. The fourth-order valence-electron chi connectivity index (χ4n) is 2.44. The van der Waals surface area contributed by atoms with Crippen LogP contribution in [0.1, 0.15) is 18.5 Å². The number of hydrogen-bond acceptors (Lipinski definition) is 2. The number of nitrogens with zero attached hydrogens (tertiary/aromatic N) is 1. The van der Waals surface area contributed by atoms with Crippen LogP contribution in [0.2, 0.25) is 0 Å². The number of rotatable bonds is 2. The van der Waals surface area contributed by atoms with Crippen LogP contribution in [0.5, 0.6) is 0 Å². The molecule has 0 bridgehead atoms. The van der Waals surface area contributed by atoms with Gasteiger partial charge < -0.3 is 5.32 Å². The normalized spacial score (nSPS) is 23.9. The zero-order valence-corrected chi connectivity index (χ0v) is 10.2. The van der Waals surface area contributed by atoms with E-state index in [0.29, 0.717) is 25.2 Å². The van der Waals surface area contributed by atoms with Gasteiger partial charge in [0, 0.05) is 25.7 Å². The van der Waals surface area contributed by atoms with Crippen molar-refractivity contribution < 1.29 is 13.2 Å². The van der Waals surface area contributed by atoms with Gasteiger partial charge in [-0.15, -0.1) is 0 Å². The van der Waals surface area contributed by atoms with E-state index in [4.69, 9.17) is 0 Å². The van der Waals surface area contributed by atoms with Crippen LogP contribution in [0.25, 0.3) is 0 Å². The second kappa shape index (κ2) is 5.28. The largest absolute Gasteiger partial charge is 0.408 e. The van der Waals surface area contributed by atoms with E-state index in [1.165, 1.54) is 4.90 Å². The Kier molecular flexibility index (Phi) is 3.92. The minimum Gasteiger partial charge on any atom is -0.312 e. The van der Waals surface area contributed by atoms with Gasteiger partial charge in [-0.25, -0.2) is 0 Å². The van der Waals surface area contributed by atoms with Gasteiger partial charge in [-0.2, -0.15) is 13.2 Å². The molecule has 1 aliphatic heterocycles. The molecule has 0 saturated carbocycles. The molecule has 1 unspecified atom stereocenters. The summed E-state index contributed by atoms with van der Waals surface area (Å²) in [6, 6.07) is 6.72. The van der Waals surface area contributed by atoms with Crippen molar-refractivity contribution in [2.45, 2.75) is 25.2 Å². The predicted molar refractivity (Wildman–Crippen MR) is 64.3 cm³/mol. The Morgan fingerprint density at radius 2 is 1.94 bits per heavy atom. The maximum Gasteiger partial charge on any atom is 0.408 e. The molecule has 18 heavy (non-hydrogen) atoms. The zero-order valence-electron chi connectivity index (χ0n) is 10.2. The van der Waals surface area contributed by atoms with Crippen molar-refractivity contribution >= 4 is 0 Å². The van der Waals surface area contributed by atoms with Gasteiger partial charge in [-0.05, 0) is 12.5 Å². The Labute approximate surface area is 105 Å². The Hall–Kier alpha value is -1.07. The van der Waals surface area contributed by atoms with Crippen molar-refractivity contribution in [2.75, 3.05) is 19.6 Å². The summed E-state index contributed by atoms with van der Waals surface area (Å²) in [4.78, 5) is 1.51. The fourth-order valence-corrected chi connectivity index (χ4v) is 2.44. The standard InChI is InChI=1S/C13H17F3N2/c1-10-9-18(8-7-17-10)12(13(14,15)16)11-5-3-2-4-6-11/h2-6,10,12,17H,7-9H2,1H3/t10-,12?/m1/s1. The minimum absolute atomic E-state index is 0.0901. The Morgan fingerprint density at radius 3 is 2.50 bits per heavy atom. The van der Waals surface area contributed by atoms with Gasteiger partial charge in [0.15, 0.2) is 0 Å². The van der Waals surface area contributed by atoms with E-state index in [1.54, 1.807) is 30.3 Å². The van der Waals surface area contributed by atoms with Crippen molar-refractivity contribution in [3.8, 4) is 0 Å². The third-order valence-electron chi connectivity index (χ3n) is 3.19. The van der Waals surface area contributed by atoms with Gasteiger partial charge in [0.25, 0.3) is 0 Å². The lowest BCUT2D eigenvalue weighted by atomic mass is 10.0. The van der Waals surface area contributed by atoms with Gasteiger partial charge in [0.1, 0.15) is 6.04 Å². The Morgan fingerprint density at radius 1 is 1.28 bits per heavy atom. The average molecular weight is 258 g/mol. The quantitative estimate of drug-likeness (QED) is 0.877. The molecule has 1 saturated heterocycles. The molecule has 0 aromatic heterocycles. The number of alkyl halides is 3. The molecule has 2 nitrogen and oxygen atoms in total. The van der Waals surface area contributed by atoms with E-state index in [1.807, 2.05) is 6.92 Å². The van der Waals surface area contributed by atoms with E-state index in [2.05, 4.69) is 5.32 Å². The van der Waals surface area contributed by atoms with Gasteiger partial charge in [0.2, 0.25) is 0 Å². The summed E-state index contributed by atoms with van der Waals surface area (Å²) in [6.07, 6.45) is -4.24. The third-order valence-corrected chi connectivity index (χ3v) is 3.19. The smallest absolute Gasteiger partial charge is 0.312 e. The van der Waals surface area contributed by atoms with Gasteiger partial charge in [-0.1, -0.05) is 30.3 Å². The minimum atomic E-state index is -4.24. The first-order chi connectivity index (χ1) is 8.48. The molecule has 1 N–H and O–H groups in total. The highest BCUT2D eigenvalue weighted by atomic mass is 19.4. The second-order valence-corrected chi connectivity index (χ2v) is 4.70. The molecule has 5 heteroatoms. The molecule has 0 amide bonds. The molecular formula is C13H17F3N2. The number of halogens is 3. The summed E-state index contributed by atoms with van der Waals surface area (Å²) < 4.78 is 39.8. The van der Waals surface area contributed by atoms with Crippen molar-refractivity contribution in [2.24, 2.45) is 0 Å². The fraction of sp³-hybridized carbons (Fsp3) is 0.538. The summed E-state index contributed by atoms with van der Waals surface area (Å²) in [5.74, 6) is 0. The molecule has 1 aliphatic rings. The Bertz CT molecular complexity index is 378. The highest BCUT2D eigenvalue weighted by Gasteiger charge is 2.45. The van der Waals surface area contributed by atoms with Crippen molar-refractivity contribution in [1.82, 2.24) is 10.2 Å². The maximum atomic E-state index is 13.3. The van der Waals surface area contributed by atoms with E-state index in [9.17, 15) is 13.2 Å². The molecule has 1 fully saturated rings. The first-order valence-corrected chi connectivity index (χ1v) is 6.07. The number of benzene rings is 1. The summed E-state index contributed by atoms with van der Waals surface area (Å²) in [5.41, 5.74) is 0.319. The van der Waals surface area contributed by atoms with E-state index in [0.717, 1.165) is 0 Å². The number of hydrogen-bond donors (Lipinski definition) is 1.